The molecular weight excluding hydrogens is 1230 g/mol. The molecule has 91 heavy (non-hydrogen) atoms. The van der Waals surface area contributed by atoms with Gasteiger partial charge < -0.3 is 57.2 Å². The van der Waals surface area contributed by atoms with E-state index < -0.39 is 94.9 Å². The van der Waals surface area contributed by atoms with Crippen LogP contribution in [0.4, 0.5) is 0 Å². The predicted molar refractivity (Wildman–Crippen MR) is 321 cm³/mol. The maximum Gasteiger partial charge on any atom is 0.350 e. The fourth-order valence-electron chi connectivity index (χ4n) is 9.17. The van der Waals surface area contributed by atoms with E-state index in [4.69, 9.17) is 52.1 Å². The summed E-state index contributed by atoms with van der Waals surface area (Å²) in [5.74, 6) is -8.31. The first-order chi connectivity index (χ1) is 43.6. The summed E-state index contributed by atoms with van der Waals surface area (Å²) < 4.78 is 58.5. The quantitative estimate of drug-likeness (QED) is 0.0153. The van der Waals surface area contributed by atoms with Crippen molar-refractivity contribution in [2.75, 3.05) is 46.2 Å². The molecule has 0 unspecified atom stereocenters. The molecule has 6 rings (SSSR count). The van der Waals surface area contributed by atoms with Crippen LogP contribution >= 0.6 is 23.5 Å². The molecule has 3 aliphatic rings. The lowest BCUT2D eigenvalue weighted by molar-refractivity contribution is -0.152. The van der Waals surface area contributed by atoms with Gasteiger partial charge in [-0.15, -0.1) is 0 Å². The molecule has 3 aromatic carbocycles. The number of carbonyl (C=O) groups excluding carboxylic acids is 11. The second-order valence-corrected chi connectivity index (χ2v) is 23.9. The Kier molecular flexibility index (Phi) is 28.3. The monoisotopic (exact) mass is 1300 g/mol. The van der Waals surface area contributed by atoms with E-state index >= 15 is 0 Å². The van der Waals surface area contributed by atoms with Crippen molar-refractivity contribution in [1.82, 2.24) is 0 Å². The number of fused-ring (bicyclic) bond motifs is 1. The van der Waals surface area contributed by atoms with Gasteiger partial charge in [-0.05, 0) is 113 Å². The number of hydrogen-bond donors (Lipinski definition) is 1. The predicted octanol–water partition coefficient (Wildman–Crippen LogP) is 8.24. The first kappa shape index (κ1) is 71.3. The summed E-state index contributed by atoms with van der Waals surface area (Å²) >= 11 is 1.92. The minimum absolute atomic E-state index is 0.0382. The zero-order valence-electron chi connectivity index (χ0n) is 50.4. The summed E-state index contributed by atoms with van der Waals surface area (Å²) in [6.07, 6.45) is 4.44. The zero-order valence-corrected chi connectivity index (χ0v) is 52.0. The van der Waals surface area contributed by atoms with Crippen LogP contribution < -0.4 is 18.9 Å². The molecule has 24 nitrogen and oxygen atoms in total. The Morgan fingerprint density at radius 1 is 0.484 bits per heavy atom. The van der Waals surface area contributed by atoms with Crippen LogP contribution in [0.3, 0.4) is 0 Å². The molecule has 0 atom stereocenters. The Labute approximate surface area is 533 Å². The molecule has 2 saturated carbocycles. The Morgan fingerprint density at radius 3 is 1.14 bits per heavy atom. The maximum atomic E-state index is 13.8. The Bertz CT molecular complexity index is 3030. The molecule has 26 heteroatoms. The van der Waals surface area contributed by atoms with E-state index in [2.05, 4.69) is 13.2 Å². The van der Waals surface area contributed by atoms with E-state index in [1.54, 1.807) is 62.4 Å². The fraction of sp³-hybridized carbons (Fsp3) is 0.446. The van der Waals surface area contributed by atoms with E-state index in [0.29, 0.717) is 85.5 Å². The van der Waals surface area contributed by atoms with Gasteiger partial charge in [-0.1, -0.05) is 60.9 Å². The molecule has 0 spiro atoms. The van der Waals surface area contributed by atoms with Gasteiger partial charge in [-0.25, -0.2) is 14.4 Å². The van der Waals surface area contributed by atoms with Gasteiger partial charge >= 0.3 is 65.7 Å². The molecule has 0 bridgehead atoms. The van der Waals surface area contributed by atoms with Gasteiger partial charge in [-0.3, -0.25) is 38.4 Å². The molecule has 2 fully saturated rings. The first-order valence-electron chi connectivity index (χ1n) is 29.4. The molecule has 1 aliphatic heterocycles. The smallest absolute Gasteiger partial charge is 0.350 e. The average molecular weight is 1300 g/mol. The lowest BCUT2D eigenvalue weighted by Crippen LogP contribution is -2.30. The highest BCUT2D eigenvalue weighted by atomic mass is 32.2. The highest BCUT2D eigenvalue weighted by Crippen LogP contribution is 2.59. The minimum Gasteiger partial charge on any atom is -0.465 e. The third-order valence-corrected chi connectivity index (χ3v) is 16.9. The number of esters is 11. The molecule has 486 valence electrons. The van der Waals surface area contributed by atoms with Gasteiger partial charge in [0.2, 0.25) is 0 Å². The number of nitrogens with zero attached hydrogens (tertiary/aromatic N) is 1. The summed E-state index contributed by atoms with van der Waals surface area (Å²) in [7, 11) is 0. The Hall–Kier alpha value is -8.80. The maximum absolute atomic E-state index is 13.8. The standard InChI is InChI=1S/C65H71NO23S2/c1-5-51(67)81-35-37-83-55(71)27-25-53(69)79-32-29-40-7-19-46(20-8-40)86-59(73)42-11-15-44(16-12-42)61(75)88-49-23-24-50(58-57(49)90-64(91-58)48(39-66)63(77)85-34-31-65(3,4)78)89-62(76)45-17-13-43(14-18-45)60(74)87-47-21-9-41(10-22-47)30-33-80-54(70)26-28-56(72)84-38-36-82-52(68)6-2/h5-10,19-24,42-45,78H,1-2,11-18,25-38H2,3-4H3/t42-,43-,44-,45-. The molecule has 0 saturated heterocycles. The van der Waals surface area contributed by atoms with Gasteiger partial charge in [0.05, 0.1) is 88.8 Å². The van der Waals surface area contributed by atoms with Crippen LogP contribution in [0.25, 0.3) is 0 Å². The van der Waals surface area contributed by atoms with Crippen LogP contribution in [0.5, 0.6) is 23.0 Å². The SMILES string of the molecule is C=CC(=O)OCCOC(=O)CCC(=O)OCCc1ccc(OC(=O)[C@H]2CC[C@H](C(=O)Oc3ccc(OC(=O)[C@H]4CC[C@H](C(=O)Oc5ccc(CCOC(=O)CCC(=O)OCCOC(=O)C=C)cc5)CC4)c4c3SC(=C(C#N)C(=O)OCCC(C)(C)O)S4)CC2)cc1. The summed E-state index contributed by atoms with van der Waals surface area (Å²) in [4.78, 5) is 138. The second kappa shape index (κ2) is 36.1. The van der Waals surface area contributed by atoms with Crippen molar-refractivity contribution in [2.24, 2.45) is 23.7 Å². The van der Waals surface area contributed by atoms with Gasteiger partial charge in [0.1, 0.15) is 55.5 Å². The van der Waals surface area contributed by atoms with Crippen molar-refractivity contribution in [3.05, 3.63) is 107 Å². The topological polar surface area (TPSA) is 333 Å². The molecule has 0 radical (unpaired) electrons. The number of hydrogen-bond acceptors (Lipinski definition) is 26. The van der Waals surface area contributed by atoms with E-state index in [1.165, 1.54) is 12.1 Å². The normalized spacial score (nSPS) is 16.6. The van der Waals surface area contributed by atoms with Crippen LogP contribution in [0.2, 0.25) is 0 Å². The van der Waals surface area contributed by atoms with Crippen LogP contribution in [-0.4, -0.2) is 123 Å². The van der Waals surface area contributed by atoms with E-state index in [-0.39, 0.29) is 99.7 Å². The van der Waals surface area contributed by atoms with Crippen LogP contribution in [0.15, 0.2) is 106 Å². The molecule has 0 aromatic heterocycles. The molecule has 1 N–H and O–H groups in total. The molecule has 1 heterocycles. The van der Waals surface area contributed by atoms with E-state index in [0.717, 1.165) is 46.8 Å². The van der Waals surface area contributed by atoms with Crippen molar-refractivity contribution in [3.63, 3.8) is 0 Å². The van der Waals surface area contributed by atoms with Crippen molar-refractivity contribution in [1.29, 1.82) is 5.26 Å². The highest BCUT2D eigenvalue weighted by Gasteiger charge is 2.38. The molecular formula is C65H71NO23S2. The van der Waals surface area contributed by atoms with Gasteiger partial charge in [-0.2, -0.15) is 5.26 Å². The van der Waals surface area contributed by atoms with Crippen LogP contribution in [0.1, 0.15) is 108 Å². The number of thioether (sulfide) groups is 2. The average Bonchev–Trinajstić information content (AvgIpc) is 1.69. The summed E-state index contributed by atoms with van der Waals surface area (Å²) in [5.41, 5.74) is 0.0813. The third-order valence-electron chi connectivity index (χ3n) is 14.3. The number of nitriles is 1. The van der Waals surface area contributed by atoms with Crippen molar-refractivity contribution in [2.45, 2.75) is 126 Å². The first-order valence-corrected chi connectivity index (χ1v) is 31.1. The van der Waals surface area contributed by atoms with Gasteiger partial charge in [0.25, 0.3) is 0 Å². The summed E-state index contributed by atoms with van der Waals surface area (Å²) in [6.45, 7) is 8.91. The minimum atomic E-state index is -1.15. The van der Waals surface area contributed by atoms with E-state index in [1.807, 2.05) is 6.07 Å². The number of carbonyl (C=O) groups is 11. The van der Waals surface area contributed by atoms with Gasteiger partial charge in [0.15, 0.2) is 5.57 Å². The summed E-state index contributed by atoms with van der Waals surface area (Å²) in [6, 6.07) is 18.1. The summed E-state index contributed by atoms with van der Waals surface area (Å²) in [5, 5.41) is 20.3. The fourth-order valence-corrected chi connectivity index (χ4v) is 11.7. The zero-order chi connectivity index (χ0) is 65.9. The number of aliphatic hydroxyl groups is 1. The molecule has 0 amide bonds. The Morgan fingerprint density at radius 2 is 0.813 bits per heavy atom. The Balaban J connectivity index is 0.963. The highest BCUT2D eigenvalue weighted by molar-refractivity contribution is 8.24. The van der Waals surface area contributed by atoms with Crippen LogP contribution in [0, 0.1) is 35.0 Å². The lowest BCUT2D eigenvalue weighted by atomic mass is 9.82. The third kappa shape index (κ3) is 24.2. The molecule has 2 aliphatic carbocycles. The van der Waals surface area contributed by atoms with E-state index in [9.17, 15) is 63.1 Å². The van der Waals surface area contributed by atoms with Crippen molar-refractivity contribution >= 4 is 89.2 Å². The second-order valence-electron chi connectivity index (χ2n) is 21.6. The van der Waals surface area contributed by atoms with Crippen molar-refractivity contribution < 1.29 is 110 Å². The lowest BCUT2D eigenvalue weighted by Gasteiger charge is -2.26. The molecule has 3 aromatic rings. The number of ether oxygens (including phenoxy) is 11. The number of benzene rings is 3. The number of rotatable bonds is 32. The van der Waals surface area contributed by atoms with Gasteiger partial charge in [0, 0.05) is 31.4 Å². The van der Waals surface area contributed by atoms with Crippen molar-refractivity contribution in [3.8, 4) is 29.1 Å². The largest absolute Gasteiger partial charge is 0.465 e. The van der Waals surface area contributed by atoms with Crippen LogP contribution in [-0.2, 0) is 98.7 Å².